The molecule has 27 heavy (non-hydrogen) atoms. The summed E-state index contributed by atoms with van der Waals surface area (Å²) in [5, 5.41) is 11.7. The molecule has 0 radical (unpaired) electrons. The zero-order chi connectivity index (χ0) is 20.4. The molecule has 0 unspecified atom stereocenters. The first-order valence-corrected chi connectivity index (χ1v) is 9.71. The number of carbonyl (C=O) groups is 2. The number of aromatic carboxylic acids is 1. The Morgan fingerprint density at radius 1 is 1.04 bits per heavy atom. The third-order valence-electron chi connectivity index (χ3n) is 4.25. The highest BCUT2D eigenvalue weighted by Gasteiger charge is 2.23. The van der Waals surface area contributed by atoms with E-state index >= 15 is 0 Å². The first-order valence-electron chi connectivity index (χ1n) is 8.27. The Bertz CT molecular complexity index is 966. The fraction of sp³-hybridized carbons (Fsp3) is 0.263. The number of hydrogen-bond donors (Lipinski definition) is 2. The number of benzene rings is 2. The highest BCUT2D eigenvalue weighted by Crippen LogP contribution is 2.20. The van der Waals surface area contributed by atoms with Crippen LogP contribution in [-0.4, -0.2) is 42.8 Å². The average molecular weight is 390 g/mol. The Morgan fingerprint density at radius 2 is 1.59 bits per heavy atom. The lowest BCUT2D eigenvalue weighted by molar-refractivity contribution is 0.0696. The number of aryl methyl sites for hydroxylation is 1. The van der Waals surface area contributed by atoms with Gasteiger partial charge < -0.3 is 10.4 Å². The molecule has 144 valence electrons. The second kappa shape index (κ2) is 7.89. The molecule has 0 saturated heterocycles. The fourth-order valence-corrected chi connectivity index (χ4v) is 3.67. The maximum atomic E-state index is 12.5. The summed E-state index contributed by atoms with van der Waals surface area (Å²) in [6.07, 6.45) is 0. The van der Waals surface area contributed by atoms with Crippen LogP contribution in [0, 0.1) is 6.92 Å². The van der Waals surface area contributed by atoms with Crippen LogP contribution in [0.5, 0.6) is 0 Å². The summed E-state index contributed by atoms with van der Waals surface area (Å²) in [6, 6.07) is 9.86. The van der Waals surface area contributed by atoms with E-state index in [1.165, 1.54) is 47.8 Å². The van der Waals surface area contributed by atoms with E-state index in [9.17, 15) is 18.0 Å². The van der Waals surface area contributed by atoms with Gasteiger partial charge in [-0.05, 0) is 62.7 Å². The lowest BCUT2D eigenvalue weighted by Gasteiger charge is -2.21. The number of amides is 1. The van der Waals surface area contributed by atoms with E-state index in [1.807, 2.05) is 0 Å². The summed E-state index contributed by atoms with van der Waals surface area (Å²) in [5.41, 5.74) is 1.43. The number of hydrogen-bond acceptors (Lipinski definition) is 4. The maximum absolute atomic E-state index is 12.5. The largest absolute Gasteiger partial charge is 0.478 e. The van der Waals surface area contributed by atoms with Crippen LogP contribution >= 0.6 is 0 Å². The van der Waals surface area contributed by atoms with Crippen molar-refractivity contribution in [2.75, 3.05) is 12.4 Å². The van der Waals surface area contributed by atoms with E-state index in [-0.39, 0.29) is 22.1 Å². The number of nitrogens with one attached hydrogen (secondary N) is 1. The topological polar surface area (TPSA) is 104 Å². The lowest BCUT2D eigenvalue weighted by Crippen LogP contribution is -2.33. The number of rotatable bonds is 6. The van der Waals surface area contributed by atoms with Crippen LogP contribution in [0.4, 0.5) is 5.69 Å². The molecule has 2 rings (SSSR count). The van der Waals surface area contributed by atoms with Gasteiger partial charge in [-0.15, -0.1) is 0 Å². The first kappa shape index (κ1) is 20.6. The summed E-state index contributed by atoms with van der Waals surface area (Å²) in [7, 11) is -2.13. The lowest BCUT2D eigenvalue weighted by atomic mass is 10.1. The van der Waals surface area contributed by atoms with Gasteiger partial charge in [0.1, 0.15) is 0 Å². The van der Waals surface area contributed by atoms with Gasteiger partial charge in [0.05, 0.1) is 10.5 Å². The second-order valence-corrected chi connectivity index (χ2v) is 8.43. The summed E-state index contributed by atoms with van der Waals surface area (Å²) >= 11 is 0. The molecule has 8 heteroatoms. The fourth-order valence-electron chi connectivity index (χ4n) is 2.31. The van der Waals surface area contributed by atoms with E-state index < -0.39 is 21.9 Å². The summed E-state index contributed by atoms with van der Waals surface area (Å²) in [4.78, 5) is 23.6. The van der Waals surface area contributed by atoms with E-state index in [4.69, 9.17) is 5.11 Å². The Kier molecular flexibility index (Phi) is 6.02. The van der Waals surface area contributed by atoms with Crippen LogP contribution in [0.1, 0.15) is 40.1 Å². The minimum absolute atomic E-state index is 0.0639. The van der Waals surface area contributed by atoms with Gasteiger partial charge in [0.2, 0.25) is 10.0 Å². The monoisotopic (exact) mass is 390 g/mol. The molecule has 0 saturated carbocycles. The van der Waals surface area contributed by atoms with Crippen LogP contribution in [0.15, 0.2) is 47.4 Å². The minimum atomic E-state index is -3.63. The molecular formula is C19H22N2O5S. The molecule has 1 amide bonds. The normalized spacial score (nSPS) is 11.6. The molecular weight excluding hydrogens is 368 g/mol. The van der Waals surface area contributed by atoms with Crippen molar-refractivity contribution in [3.63, 3.8) is 0 Å². The van der Waals surface area contributed by atoms with Crippen LogP contribution in [0.25, 0.3) is 0 Å². The SMILES string of the molecule is Cc1ccc(C(=O)O)cc1NC(=O)c1ccc(S(=O)(=O)N(C)C(C)C)cc1. The molecule has 0 heterocycles. The number of sulfonamides is 1. The third-order valence-corrected chi connectivity index (χ3v) is 6.30. The molecule has 0 aliphatic carbocycles. The first-order chi connectivity index (χ1) is 12.5. The van der Waals surface area contributed by atoms with Crippen LogP contribution < -0.4 is 5.32 Å². The van der Waals surface area contributed by atoms with Crippen molar-refractivity contribution in [1.82, 2.24) is 4.31 Å². The molecule has 0 atom stereocenters. The van der Waals surface area contributed by atoms with Gasteiger partial charge in [0.15, 0.2) is 0 Å². The number of anilines is 1. The van der Waals surface area contributed by atoms with Gasteiger partial charge in [-0.3, -0.25) is 4.79 Å². The maximum Gasteiger partial charge on any atom is 0.335 e. The number of carboxylic acid groups (broad SMARTS) is 1. The summed E-state index contributed by atoms with van der Waals surface area (Å²) in [6.45, 7) is 5.29. The van der Waals surface area contributed by atoms with E-state index in [1.54, 1.807) is 26.8 Å². The van der Waals surface area contributed by atoms with Crippen LogP contribution in [-0.2, 0) is 10.0 Å². The van der Waals surface area contributed by atoms with E-state index in [2.05, 4.69) is 5.32 Å². The average Bonchev–Trinajstić information content (AvgIpc) is 2.62. The number of nitrogens with zero attached hydrogens (tertiary/aromatic N) is 1. The Hall–Kier alpha value is -2.71. The molecule has 0 aromatic heterocycles. The van der Waals surface area contributed by atoms with Gasteiger partial charge in [-0.1, -0.05) is 6.07 Å². The van der Waals surface area contributed by atoms with Gasteiger partial charge >= 0.3 is 5.97 Å². The number of carbonyl (C=O) groups excluding carboxylic acids is 1. The molecule has 7 nitrogen and oxygen atoms in total. The van der Waals surface area contributed by atoms with Crippen molar-refractivity contribution < 1.29 is 23.1 Å². The van der Waals surface area contributed by atoms with Gasteiger partial charge in [-0.25, -0.2) is 13.2 Å². The van der Waals surface area contributed by atoms with Gasteiger partial charge in [0, 0.05) is 24.3 Å². The molecule has 0 aliphatic rings. The predicted molar refractivity (Wildman–Crippen MR) is 103 cm³/mol. The summed E-state index contributed by atoms with van der Waals surface area (Å²) in [5.74, 6) is -1.55. The van der Waals surface area contributed by atoms with E-state index in [0.29, 0.717) is 11.3 Å². The molecule has 2 N–H and O–H groups in total. The highest BCUT2D eigenvalue weighted by atomic mass is 32.2. The Balaban J connectivity index is 2.24. The van der Waals surface area contributed by atoms with Crippen molar-refractivity contribution in [1.29, 1.82) is 0 Å². The molecule has 0 bridgehead atoms. The summed E-state index contributed by atoms with van der Waals surface area (Å²) < 4.78 is 26.2. The van der Waals surface area contributed by atoms with Crippen molar-refractivity contribution in [3.8, 4) is 0 Å². The van der Waals surface area contributed by atoms with Crippen LogP contribution in [0.3, 0.4) is 0 Å². The van der Waals surface area contributed by atoms with Crippen LogP contribution in [0.2, 0.25) is 0 Å². The molecule has 0 fully saturated rings. The highest BCUT2D eigenvalue weighted by molar-refractivity contribution is 7.89. The zero-order valence-corrected chi connectivity index (χ0v) is 16.4. The van der Waals surface area contributed by atoms with Gasteiger partial charge in [-0.2, -0.15) is 4.31 Å². The zero-order valence-electron chi connectivity index (χ0n) is 15.6. The van der Waals surface area contributed by atoms with Crippen molar-refractivity contribution in [2.24, 2.45) is 0 Å². The minimum Gasteiger partial charge on any atom is -0.478 e. The van der Waals surface area contributed by atoms with Crippen molar-refractivity contribution >= 4 is 27.6 Å². The van der Waals surface area contributed by atoms with E-state index in [0.717, 1.165) is 0 Å². The number of carboxylic acids is 1. The Morgan fingerprint density at radius 3 is 2.11 bits per heavy atom. The molecule has 2 aromatic rings. The second-order valence-electron chi connectivity index (χ2n) is 6.43. The molecule has 0 spiro atoms. The quantitative estimate of drug-likeness (QED) is 0.789. The van der Waals surface area contributed by atoms with Crippen molar-refractivity contribution in [2.45, 2.75) is 31.7 Å². The third kappa shape index (κ3) is 4.53. The molecule has 0 aliphatic heterocycles. The predicted octanol–water partition coefficient (Wildman–Crippen LogP) is 2.97. The van der Waals surface area contributed by atoms with Gasteiger partial charge in [0.25, 0.3) is 5.91 Å². The molecule has 2 aromatic carbocycles. The van der Waals surface area contributed by atoms with Crippen molar-refractivity contribution in [3.05, 3.63) is 59.2 Å². The Labute approximate surface area is 158 Å². The standard InChI is InChI=1S/C19H22N2O5S/c1-12(2)21(4)27(25,26)16-9-7-14(8-10-16)18(22)20-17-11-15(19(23)24)6-5-13(17)3/h5-12H,1-4H3,(H,20,22)(H,23,24). The smallest absolute Gasteiger partial charge is 0.335 e.